The Hall–Kier alpha value is -3.60. The smallest absolute Gasteiger partial charge is 0.306 e. The molecule has 2 saturated heterocycles. The summed E-state index contributed by atoms with van der Waals surface area (Å²) in [5, 5.41) is 13.8. The Kier molecular flexibility index (Phi) is 6.23. The lowest BCUT2D eigenvalue weighted by Crippen LogP contribution is -2.45. The summed E-state index contributed by atoms with van der Waals surface area (Å²) in [4.78, 5) is 43.1. The summed E-state index contributed by atoms with van der Waals surface area (Å²) in [6, 6.07) is 6.81. The second kappa shape index (κ2) is 9.10. The van der Waals surface area contributed by atoms with Gasteiger partial charge < -0.3 is 19.9 Å². The molecule has 1 N–H and O–H groups in total. The van der Waals surface area contributed by atoms with Gasteiger partial charge in [-0.05, 0) is 38.1 Å². The number of nitro benzene ring substituents is 1. The van der Waals surface area contributed by atoms with Crippen LogP contribution in [0.25, 0.3) is 0 Å². The molecule has 3 heterocycles. The SMILES string of the molecule is CC1CN(c2ccc(NC(=O)C3CC(=O)N(c4ccc(F)c([N+](=O)[O-])c4)C3)cn2)CC(C)O1. The number of aromatic nitrogens is 1. The first-order valence-electron chi connectivity index (χ1n) is 10.6. The number of carbonyl (C=O) groups excluding carboxylic acids is 2. The van der Waals surface area contributed by atoms with E-state index in [2.05, 4.69) is 15.2 Å². The summed E-state index contributed by atoms with van der Waals surface area (Å²) < 4.78 is 19.3. The van der Waals surface area contributed by atoms with Crippen LogP contribution in [0.1, 0.15) is 20.3 Å². The fourth-order valence-corrected chi connectivity index (χ4v) is 4.20. The van der Waals surface area contributed by atoms with E-state index in [0.717, 1.165) is 31.0 Å². The molecule has 10 nitrogen and oxygen atoms in total. The predicted octanol–water partition coefficient (Wildman–Crippen LogP) is 2.73. The lowest BCUT2D eigenvalue weighted by Gasteiger charge is -2.36. The molecule has 2 aromatic rings. The van der Waals surface area contributed by atoms with Gasteiger partial charge in [0.05, 0.1) is 40.6 Å². The Balaban J connectivity index is 1.40. The van der Waals surface area contributed by atoms with Crippen molar-refractivity contribution in [2.45, 2.75) is 32.5 Å². The zero-order valence-electron chi connectivity index (χ0n) is 18.2. The number of amides is 2. The standard InChI is InChI=1S/C22H24FN5O5/c1-13-10-26(11-14(2)33-13)20-6-3-16(9-24-20)25-22(30)15-7-21(29)27(12-15)17-4-5-18(23)19(8-17)28(31)32/h3-6,8-9,13-15H,7,10-12H2,1-2H3,(H,25,30). The van der Waals surface area contributed by atoms with E-state index in [1.807, 2.05) is 19.9 Å². The molecule has 3 atom stereocenters. The Morgan fingerprint density at radius 2 is 1.94 bits per heavy atom. The third-order valence-corrected chi connectivity index (χ3v) is 5.69. The Morgan fingerprint density at radius 1 is 1.21 bits per heavy atom. The second-order valence-corrected chi connectivity index (χ2v) is 8.35. The van der Waals surface area contributed by atoms with E-state index in [-0.39, 0.29) is 42.7 Å². The van der Waals surface area contributed by atoms with Gasteiger partial charge in [-0.1, -0.05) is 0 Å². The van der Waals surface area contributed by atoms with E-state index in [1.165, 1.54) is 11.0 Å². The van der Waals surface area contributed by atoms with Crippen molar-refractivity contribution in [2.24, 2.45) is 5.92 Å². The van der Waals surface area contributed by atoms with Gasteiger partial charge in [-0.2, -0.15) is 4.39 Å². The molecule has 2 aliphatic heterocycles. The van der Waals surface area contributed by atoms with Gasteiger partial charge in [-0.3, -0.25) is 19.7 Å². The van der Waals surface area contributed by atoms with Crippen molar-refractivity contribution in [3.8, 4) is 0 Å². The molecule has 3 unspecified atom stereocenters. The van der Waals surface area contributed by atoms with E-state index in [4.69, 9.17) is 4.74 Å². The lowest BCUT2D eigenvalue weighted by atomic mass is 10.1. The van der Waals surface area contributed by atoms with Crippen LogP contribution >= 0.6 is 0 Å². The first-order valence-corrected chi connectivity index (χ1v) is 10.6. The maximum atomic E-state index is 13.6. The average Bonchev–Trinajstić information content (AvgIpc) is 3.15. The molecule has 2 fully saturated rings. The first-order chi connectivity index (χ1) is 15.7. The normalized spacial score (nSPS) is 23.0. The molecule has 4 rings (SSSR count). The molecule has 0 radical (unpaired) electrons. The van der Waals surface area contributed by atoms with Gasteiger partial charge in [0.25, 0.3) is 0 Å². The summed E-state index contributed by atoms with van der Waals surface area (Å²) in [5.74, 6) is -1.57. The molecule has 2 aliphatic rings. The van der Waals surface area contributed by atoms with Gasteiger partial charge in [0.15, 0.2) is 0 Å². The molecule has 174 valence electrons. The van der Waals surface area contributed by atoms with Crippen LogP contribution < -0.4 is 15.1 Å². The van der Waals surface area contributed by atoms with Crippen LogP contribution in [0.5, 0.6) is 0 Å². The van der Waals surface area contributed by atoms with Crippen LogP contribution in [0.4, 0.5) is 27.3 Å². The number of rotatable bonds is 5. The number of benzene rings is 1. The summed E-state index contributed by atoms with van der Waals surface area (Å²) in [6.45, 7) is 5.51. The summed E-state index contributed by atoms with van der Waals surface area (Å²) in [7, 11) is 0. The lowest BCUT2D eigenvalue weighted by molar-refractivity contribution is -0.387. The van der Waals surface area contributed by atoms with Gasteiger partial charge in [-0.25, -0.2) is 4.98 Å². The zero-order valence-corrected chi connectivity index (χ0v) is 18.2. The van der Waals surface area contributed by atoms with Crippen molar-refractivity contribution in [3.63, 3.8) is 0 Å². The first kappa shape index (κ1) is 22.6. The number of hydrogen-bond donors (Lipinski definition) is 1. The maximum absolute atomic E-state index is 13.6. The molecule has 0 saturated carbocycles. The fraction of sp³-hybridized carbons (Fsp3) is 0.409. The highest BCUT2D eigenvalue weighted by Crippen LogP contribution is 2.30. The van der Waals surface area contributed by atoms with Crippen LogP contribution in [0.3, 0.4) is 0 Å². The van der Waals surface area contributed by atoms with Crippen LogP contribution in [-0.2, 0) is 14.3 Å². The molecule has 2 amide bonds. The minimum Gasteiger partial charge on any atom is -0.372 e. The fourth-order valence-electron chi connectivity index (χ4n) is 4.20. The molecule has 1 aromatic heterocycles. The molecule has 0 spiro atoms. The third kappa shape index (κ3) is 4.92. The quantitative estimate of drug-likeness (QED) is 0.542. The Morgan fingerprint density at radius 3 is 2.58 bits per heavy atom. The number of nitrogens with one attached hydrogen (secondary N) is 1. The highest BCUT2D eigenvalue weighted by Gasteiger charge is 2.36. The van der Waals surface area contributed by atoms with Crippen molar-refractivity contribution in [1.29, 1.82) is 0 Å². The topological polar surface area (TPSA) is 118 Å². The maximum Gasteiger partial charge on any atom is 0.306 e. The minimum absolute atomic E-state index is 0.0442. The van der Waals surface area contributed by atoms with Gasteiger partial charge >= 0.3 is 5.69 Å². The minimum atomic E-state index is -0.985. The number of halogens is 1. The summed E-state index contributed by atoms with van der Waals surface area (Å²) >= 11 is 0. The summed E-state index contributed by atoms with van der Waals surface area (Å²) in [6.07, 6.45) is 1.71. The van der Waals surface area contributed by atoms with Gasteiger partial charge in [0.1, 0.15) is 5.82 Å². The number of anilines is 3. The van der Waals surface area contributed by atoms with Crippen molar-refractivity contribution in [1.82, 2.24) is 4.98 Å². The summed E-state index contributed by atoms with van der Waals surface area (Å²) in [5.41, 5.74) is -0.0340. The Bertz CT molecular complexity index is 1070. The van der Waals surface area contributed by atoms with E-state index in [0.29, 0.717) is 5.69 Å². The van der Waals surface area contributed by atoms with Crippen LogP contribution in [0, 0.1) is 21.8 Å². The highest BCUT2D eigenvalue weighted by atomic mass is 19.1. The number of hydrogen-bond acceptors (Lipinski definition) is 7. The average molecular weight is 457 g/mol. The zero-order chi connectivity index (χ0) is 23.7. The van der Waals surface area contributed by atoms with E-state index >= 15 is 0 Å². The molecular formula is C22H24FN5O5. The molecular weight excluding hydrogens is 433 g/mol. The van der Waals surface area contributed by atoms with Crippen LogP contribution in [0.2, 0.25) is 0 Å². The van der Waals surface area contributed by atoms with Crippen molar-refractivity contribution >= 4 is 34.7 Å². The van der Waals surface area contributed by atoms with Crippen molar-refractivity contribution in [2.75, 3.05) is 34.8 Å². The number of carbonyl (C=O) groups is 2. The number of ether oxygens (including phenoxy) is 1. The van der Waals surface area contributed by atoms with Crippen molar-refractivity contribution < 1.29 is 23.6 Å². The Labute approximate surface area is 189 Å². The van der Waals surface area contributed by atoms with Gasteiger partial charge in [0.2, 0.25) is 17.6 Å². The predicted molar refractivity (Wildman–Crippen MR) is 119 cm³/mol. The van der Waals surface area contributed by atoms with Crippen LogP contribution in [-0.4, -0.2) is 53.6 Å². The third-order valence-electron chi connectivity index (χ3n) is 5.69. The number of nitrogens with zero attached hydrogens (tertiary/aromatic N) is 4. The molecule has 0 aliphatic carbocycles. The molecule has 0 bridgehead atoms. The van der Waals surface area contributed by atoms with Crippen LogP contribution in [0.15, 0.2) is 36.5 Å². The van der Waals surface area contributed by atoms with E-state index in [1.54, 1.807) is 12.3 Å². The monoisotopic (exact) mass is 457 g/mol. The van der Waals surface area contributed by atoms with Crippen molar-refractivity contribution in [3.05, 3.63) is 52.5 Å². The second-order valence-electron chi connectivity index (χ2n) is 8.35. The molecule has 11 heteroatoms. The number of pyridine rings is 1. The number of nitro groups is 1. The van der Waals surface area contributed by atoms with Gasteiger partial charge in [0, 0.05) is 32.1 Å². The van der Waals surface area contributed by atoms with E-state index in [9.17, 15) is 24.1 Å². The van der Waals surface area contributed by atoms with E-state index < -0.39 is 22.3 Å². The highest BCUT2D eigenvalue weighted by molar-refractivity contribution is 6.03. The van der Waals surface area contributed by atoms with Gasteiger partial charge in [-0.15, -0.1) is 0 Å². The largest absolute Gasteiger partial charge is 0.372 e. The molecule has 33 heavy (non-hydrogen) atoms. The number of morpholine rings is 1. The molecule has 1 aromatic carbocycles.